The third-order valence-electron chi connectivity index (χ3n) is 4.50. The first-order valence-electron chi connectivity index (χ1n) is 8.92. The third kappa shape index (κ3) is 4.51. The number of rotatable bonds is 7. The highest BCUT2D eigenvalue weighted by Gasteiger charge is 2.37. The number of esters is 1. The van der Waals surface area contributed by atoms with E-state index < -0.39 is 23.9 Å². The minimum absolute atomic E-state index is 0.0559. The van der Waals surface area contributed by atoms with E-state index in [1.165, 1.54) is 20.3 Å². The van der Waals surface area contributed by atoms with Crippen molar-refractivity contribution in [3.63, 3.8) is 0 Å². The number of amides is 2. The molecule has 0 aliphatic carbocycles. The molecule has 0 bridgehead atoms. The summed E-state index contributed by atoms with van der Waals surface area (Å²) in [4.78, 5) is 38.4. The van der Waals surface area contributed by atoms with E-state index in [0.717, 1.165) is 0 Å². The number of hydrogen-bond acceptors (Lipinski definition) is 6. The molecule has 2 heterocycles. The molecule has 1 aromatic carbocycles. The molecule has 1 N–H and O–H groups in total. The van der Waals surface area contributed by atoms with Gasteiger partial charge in [0, 0.05) is 13.0 Å². The topological polar surface area (TPSA) is 98.1 Å². The van der Waals surface area contributed by atoms with Crippen molar-refractivity contribution in [2.75, 3.05) is 19.0 Å². The van der Waals surface area contributed by atoms with Crippen LogP contribution in [-0.4, -0.2) is 42.4 Å². The van der Waals surface area contributed by atoms with Crippen molar-refractivity contribution >= 4 is 23.5 Å². The molecule has 1 fully saturated rings. The Balaban J connectivity index is 1.53. The smallest absolute Gasteiger partial charge is 0.312 e. The number of benzene rings is 1. The SMILES string of the molecule is COc1ccccc1NC(=O)[C@H](C)OC(=O)[C@H]1CC(=O)N(Cc2ccco2)C1. The van der Waals surface area contributed by atoms with Gasteiger partial charge in [0.25, 0.3) is 5.91 Å². The summed E-state index contributed by atoms with van der Waals surface area (Å²) in [6.45, 7) is 2.03. The van der Waals surface area contributed by atoms with Crippen LogP contribution in [0.1, 0.15) is 19.1 Å². The quantitative estimate of drug-likeness (QED) is 0.733. The van der Waals surface area contributed by atoms with Crippen molar-refractivity contribution in [3.8, 4) is 5.75 Å². The van der Waals surface area contributed by atoms with Gasteiger partial charge in [0.15, 0.2) is 6.10 Å². The number of carbonyl (C=O) groups excluding carboxylic acids is 3. The van der Waals surface area contributed by atoms with Gasteiger partial charge in [-0.2, -0.15) is 0 Å². The van der Waals surface area contributed by atoms with Crippen molar-refractivity contribution in [1.82, 2.24) is 4.90 Å². The summed E-state index contributed by atoms with van der Waals surface area (Å²) in [6, 6.07) is 10.4. The number of carbonyl (C=O) groups is 3. The van der Waals surface area contributed by atoms with E-state index in [0.29, 0.717) is 23.7 Å². The average Bonchev–Trinajstić information content (AvgIpc) is 3.32. The Morgan fingerprint density at radius 3 is 2.79 bits per heavy atom. The van der Waals surface area contributed by atoms with Crippen LogP contribution in [0.25, 0.3) is 0 Å². The van der Waals surface area contributed by atoms with Crippen LogP contribution in [-0.2, 0) is 25.7 Å². The molecule has 0 unspecified atom stereocenters. The zero-order chi connectivity index (χ0) is 20.1. The first-order chi connectivity index (χ1) is 13.5. The molecule has 1 saturated heterocycles. The predicted molar refractivity (Wildman–Crippen MR) is 99.4 cm³/mol. The molecule has 1 aromatic heterocycles. The molecule has 28 heavy (non-hydrogen) atoms. The Morgan fingerprint density at radius 1 is 1.29 bits per heavy atom. The molecule has 0 saturated carbocycles. The lowest BCUT2D eigenvalue weighted by molar-refractivity contribution is -0.157. The first-order valence-corrected chi connectivity index (χ1v) is 8.92. The molecule has 1 aliphatic heterocycles. The molecule has 3 rings (SSSR count). The van der Waals surface area contributed by atoms with Crippen LogP contribution in [0.5, 0.6) is 5.75 Å². The van der Waals surface area contributed by atoms with E-state index in [1.807, 2.05) is 0 Å². The predicted octanol–water partition coefficient (Wildman–Crippen LogP) is 2.21. The minimum Gasteiger partial charge on any atom is -0.495 e. The van der Waals surface area contributed by atoms with Gasteiger partial charge in [-0.15, -0.1) is 0 Å². The Labute approximate surface area is 162 Å². The van der Waals surface area contributed by atoms with Gasteiger partial charge >= 0.3 is 5.97 Å². The van der Waals surface area contributed by atoms with Gasteiger partial charge in [0.05, 0.1) is 31.5 Å². The fraction of sp³-hybridized carbons (Fsp3) is 0.350. The van der Waals surface area contributed by atoms with E-state index in [1.54, 1.807) is 41.3 Å². The molecule has 8 heteroatoms. The van der Waals surface area contributed by atoms with Crippen molar-refractivity contribution in [1.29, 1.82) is 0 Å². The zero-order valence-corrected chi connectivity index (χ0v) is 15.7. The standard InChI is InChI=1S/C20H22N2O6/c1-13(19(24)21-16-7-3-4-8-17(16)26-2)28-20(25)14-10-18(23)22(11-14)12-15-6-5-9-27-15/h3-9,13-14H,10-12H2,1-2H3,(H,21,24)/t13-,14-/m0/s1. The van der Waals surface area contributed by atoms with Crippen molar-refractivity contribution in [2.24, 2.45) is 5.92 Å². The minimum atomic E-state index is -1.01. The number of anilines is 1. The Morgan fingerprint density at radius 2 is 2.07 bits per heavy atom. The normalized spacial score (nSPS) is 17.3. The number of nitrogens with zero attached hydrogens (tertiary/aromatic N) is 1. The van der Waals surface area contributed by atoms with Crippen LogP contribution in [0.2, 0.25) is 0 Å². The molecule has 0 spiro atoms. The van der Waals surface area contributed by atoms with Crippen molar-refractivity contribution in [2.45, 2.75) is 26.0 Å². The van der Waals surface area contributed by atoms with Gasteiger partial charge in [-0.05, 0) is 31.2 Å². The van der Waals surface area contributed by atoms with Crippen LogP contribution in [0.3, 0.4) is 0 Å². The fourth-order valence-corrected chi connectivity index (χ4v) is 2.98. The molecule has 148 valence electrons. The summed E-state index contributed by atoms with van der Waals surface area (Å²) >= 11 is 0. The maximum Gasteiger partial charge on any atom is 0.312 e. The molecule has 0 radical (unpaired) electrons. The molecular weight excluding hydrogens is 364 g/mol. The van der Waals surface area contributed by atoms with Crippen LogP contribution < -0.4 is 10.1 Å². The number of ether oxygens (including phenoxy) is 2. The average molecular weight is 386 g/mol. The second-order valence-corrected chi connectivity index (χ2v) is 6.52. The number of nitrogens with one attached hydrogen (secondary N) is 1. The lowest BCUT2D eigenvalue weighted by Gasteiger charge is -2.17. The number of likely N-dealkylation sites (tertiary alicyclic amines) is 1. The number of hydrogen-bond donors (Lipinski definition) is 1. The fourth-order valence-electron chi connectivity index (χ4n) is 2.98. The number of methoxy groups -OCH3 is 1. The second-order valence-electron chi connectivity index (χ2n) is 6.52. The van der Waals surface area contributed by atoms with Gasteiger partial charge in [-0.25, -0.2) is 0 Å². The van der Waals surface area contributed by atoms with Gasteiger partial charge in [-0.3, -0.25) is 14.4 Å². The lowest BCUT2D eigenvalue weighted by atomic mass is 10.1. The van der Waals surface area contributed by atoms with Gasteiger partial charge in [0.2, 0.25) is 5.91 Å². The summed E-state index contributed by atoms with van der Waals surface area (Å²) in [5.74, 6) is -0.655. The van der Waals surface area contributed by atoms with Crippen molar-refractivity contribution in [3.05, 3.63) is 48.4 Å². The third-order valence-corrected chi connectivity index (χ3v) is 4.50. The molecule has 1 aliphatic rings. The monoisotopic (exact) mass is 386 g/mol. The molecule has 2 atom stereocenters. The summed E-state index contributed by atoms with van der Waals surface area (Å²) in [5.41, 5.74) is 0.485. The molecule has 8 nitrogen and oxygen atoms in total. The van der Waals surface area contributed by atoms with Gasteiger partial charge < -0.3 is 24.1 Å². The zero-order valence-electron chi connectivity index (χ0n) is 15.7. The molecule has 2 amide bonds. The highest BCUT2D eigenvalue weighted by molar-refractivity contribution is 5.96. The van der Waals surface area contributed by atoms with E-state index in [2.05, 4.69) is 5.32 Å². The van der Waals surface area contributed by atoms with Gasteiger partial charge in [0.1, 0.15) is 11.5 Å². The largest absolute Gasteiger partial charge is 0.495 e. The second kappa shape index (κ2) is 8.60. The number of furan rings is 1. The van der Waals surface area contributed by atoms with Crippen LogP contribution >= 0.6 is 0 Å². The molecular formula is C20H22N2O6. The number of para-hydroxylation sites is 2. The summed E-state index contributed by atoms with van der Waals surface area (Å²) < 4.78 is 15.7. The summed E-state index contributed by atoms with van der Waals surface area (Å²) in [5, 5.41) is 2.67. The van der Waals surface area contributed by atoms with Crippen LogP contribution in [0.4, 0.5) is 5.69 Å². The summed E-state index contributed by atoms with van der Waals surface area (Å²) in [6.07, 6.45) is 0.580. The molecule has 2 aromatic rings. The highest BCUT2D eigenvalue weighted by Crippen LogP contribution is 2.24. The van der Waals surface area contributed by atoms with Crippen LogP contribution in [0.15, 0.2) is 47.1 Å². The van der Waals surface area contributed by atoms with E-state index in [-0.39, 0.29) is 18.9 Å². The lowest BCUT2D eigenvalue weighted by Crippen LogP contribution is -2.33. The Hall–Kier alpha value is -3.29. The highest BCUT2D eigenvalue weighted by atomic mass is 16.5. The van der Waals surface area contributed by atoms with E-state index >= 15 is 0 Å². The Bertz CT molecular complexity index is 848. The maximum absolute atomic E-state index is 12.4. The van der Waals surface area contributed by atoms with E-state index in [4.69, 9.17) is 13.9 Å². The van der Waals surface area contributed by atoms with Crippen LogP contribution in [0, 0.1) is 5.92 Å². The Kier molecular flexibility index (Phi) is 5.98. The van der Waals surface area contributed by atoms with E-state index in [9.17, 15) is 14.4 Å². The summed E-state index contributed by atoms with van der Waals surface area (Å²) in [7, 11) is 1.50. The van der Waals surface area contributed by atoms with Gasteiger partial charge in [-0.1, -0.05) is 12.1 Å². The first kappa shape index (κ1) is 19.5. The van der Waals surface area contributed by atoms with Crippen molar-refractivity contribution < 1.29 is 28.3 Å². The maximum atomic E-state index is 12.4.